The SMILES string of the molecule is COC1=CC(c2ccccc2C)Cc2c(N3CCCC3)cc(C3=CCC=NC3)nc21. The van der Waals surface area contributed by atoms with E-state index in [1.54, 1.807) is 7.11 Å². The Labute approximate surface area is 179 Å². The van der Waals surface area contributed by atoms with Gasteiger partial charge in [-0.3, -0.25) is 4.99 Å². The summed E-state index contributed by atoms with van der Waals surface area (Å²) in [6, 6.07) is 11.0. The number of anilines is 1. The van der Waals surface area contributed by atoms with Crippen LogP contribution in [0.4, 0.5) is 5.69 Å². The van der Waals surface area contributed by atoms with Crippen molar-refractivity contribution in [2.45, 2.75) is 38.5 Å². The first-order valence-electron chi connectivity index (χ1n) is 11.0. The number of nitrogens with zero attached hydrogens (tertiary/aromatic N) is 3. The second-order valence-electron chi connectivity index (χ2n) is 8.44. The Kier molecular flexibility index (Phi) is 5.16. The number of aryl methyl sites for hydroxylation is 1. The summed E-state index contributed by atoms with van der Waals surface area (Å²) in [6.07, 6.45) is 10.9. The molecule has 1 aromatic heterocycles. The topological polar surface area (TPSA) is 37.7 Å². The number of rotatable bonds is 4. The Morgan fingerprint density at radius 3 is 2.70 bits per heavy atom. The number of fused-ring (bicyclic) bond motifs is 1. The Morgan fingerprint density at radius 2 is 1.97 bits per heavy atom. The van der Waals surface area contributed by atoms with Crippen molar-refractivity contribution in [3.63, 3.8) is 0 Å². The quantitative estimate of drug-likeness (QED) is 0.711. The maximum atomic E-state index is 5.90. The summed E-state index contributed by atoms with van der Waals surface area (Å²) < 4.78 is 5.90. The molecule has 5 rings (SSSR count). The highest BCUT2D eigenvalue weighted by Crippen LogP contribution is 2.41. The van der Waals surface area contributed by atoms with Crippen molar-refractivity contribution in [2.24, 2.45) is 4.99 Å². The number of aliphatic imine (C=N–C) groups is 1. The summed E-state index contributed by atoms with van der Waals surface area (Å²) in [4.78, 5) is 12.1. The van der Waals surface area contributed by atoms with Crippen LogP contribution >= 0.6 is 0 Å². The summed E-state index contributed by atoms with van der Waals surface area (Å²) in [6.45, 7) is 5.15. The second-order valence-corrected chi connectivity index (χ2v) is 8.44. The minimum atomic E-state index is 0.307. The fraction of sp³-hybridized carbons (Fsp3) is 0.385. The van der Waals surface area contributed by atoms with Crippen LogP contribution in [0.3, 0.4) is 0 Å². The van der Waals surface area contributed by atoms with Gasteiger partial charge in [-0.25, -0.2) is 4.98 Å². The molecule has 0 bridgehead atoms. The number of aromatic nitrogens is 1. The van der Waals surface area contributed by atoms with Crippen molar-refractivity contribution >= 4 is 23.2 Å². The maximum Gasteiger partial charge on any atom is 0.141 e. The van der Waals surface area contributed by atoms with Gasteiger partial charge >= 0.3 is 0 Å². The van der Waals surface area contributed by atoms with Gasteiger partial charge in [-0.1, -0.05) is 30.3 Å². The van der Waals surface area contributed by atoms with Crippen LogP contribution in [0.25, 0.3) is 11.3 Å². The molecule has 0 spiro atoms. The number of methoxy groups -OCH3 is 1. The van der Waals surface area contributed by atoms with E-state index in [0.29, 0.717) is 12.5 Å². The minimum absolute atomic E-state index is 0.307. The lowest BCUT2D eigenvalue weighted by Gasteiger charge is -2.30. The Hall–Kier alpha value is -2.88. The van der Waals surface area contributed by atoms with E-state index in [1.807, 2.05) is 6.21 Å². The number of dihydropyridines is 1. The van der Waals surface area contributed by atoms with E-state index in [-0.39, 0.29) is 0 Å². The second kappa shape index (κ2) is 8.10. The van der Waals surface area contributed by atoms with Gasteiger partial charge in [0.1, 0.15) is 11.5 Å². The predicted octanol–water partition coefficient (Wildman–Crippen LogP) is 5.18. The van der Waals surface area contributed by atoms with Gasteiger partial charge in [0, 0.05) is 42.9 Å². The number of allylic oxidation sites excluding steroid dienone is 2. The standard InChI is InChI=1S/C26H29N3O/c1-18-8-3-4-10-21(18)20-14-22-24(29-12-5-6-13-29)16-23(19-9-7-11-27-17-19)28-26(22)25(15-20)30-2/h3-4,8-11,15-16,20H,5-7,12-14,17H2,1-2H3. The lowest BCUT2D eigenvalue weighted by atomic mass is 9.83. The summed E-state index contributed by atoms with van der Waals surface area (Å²) in [5, 5.41) is 0. The van der Waals surface area contributed by atoms with Crippen LogP contribution in [0.2, 0.25) is 0 Å². The monoisotopic (exact) mass is 399 g/mol. The third-order valence-corrected chi connectivity index (χ3v) is 6.55. The van der Waals surface area contributed by atoms with Crippen LogP contribution in [0.1, 0.15) is 53.3 Å². The molecular formula is C26H29N3O. The zero-order valence-corrected chi connectivity index (χ0v) is 17.9. The lowest BCUT2D eigenvalue weighted by molar-refractivity contribution is 0.363. The fourth-order valence-electron chi connectivity index (χ4n) is 4.96. The van der Waals surface area contributed by atoms with Crippen LogP contribution < -0.4 is 4.90 Å². The molecular weight excluding hydrogens is 370 g/mol. The molecule has 4 heteroatoms. The molecule has 1 saturated heterocycles. The smallest absolute Gasteiger partial charge is 0.141 e. The van der Waals surface area contributed by atoms with Gasteiger partial charge < -0.3 is 9.64 Å². The highest BCUT2D eigenvalue weighted by atomic mass is 16.5. The molecule has 1 fully saturated rings. The number of ether oxygens (including phenoxy) is 1. The Morgan fingerprint density at radius 1 is 1.13 bits per heavy atom. The molecule has 0 saturated carbocycles. The highest BCUT2D eigenvalue weighted by Gasteiger charge is 2.29. The minimum Gasteiger partial charge on any atom is -0.495 e. The molecule has 4 nitrogen and oxygen atoms in total. The Balaban J connectivity index is 1.64. The lowest BCUT2D eigenvalue weighted by Crippen LogP contribution is -2.23. The average Bonchev–Trinajstić information content (AvgIpc) is 3.33. The first kappa shape index (κ1) is 19.1. The first-order valence-corrected chi connectivity index (χ1v) is 11.0. The Bertz CT molecular complexity index is 1040. The fourth-order valence-corrected chi connectivity index (χ4v) is 4.96. The molecule has 3 aliphatic rings. The zero-order chi connectivity index (χ0) is 20.5. The first-order chi connectivity index (χ1) is 14.7. The molecule has 1 aromatic carbocycles. The number of pyridine rings is 1. The van der Waals surface area contributed by atoms with E-state index in [2.05, 4.69) is 59.3 Å². The maximum absolute atomic E-state index is 5.90. The molecule has 3 heterocycles. The molecule has 0 radical (unpaired) electrons. The van der Waals surface area contributed by atoms with Crippen molar-refractivity contribution < 1.29 is 4.74 Å². The van der Waals surface area contributed by atoms with E-state index in [1.165, 1.54) is 40.8 Å². The molecule has 30 heavy (non-hydrogen) atoms. The zero-order valence-electron chi connectivity index (χ0n) is 17.9. The number of hydrogen-bond acceptors (Lipinski definition) is 4. The van der Waals surface area contributed by atoms with Crippen molar-refractivity contribution in [3.05, 3.63) is 70.6 Å². The molecule has 1 unspecified atom stereocenters. The van der Waals surface area contributed by atoms with E-state index in [9.17, 15) is 0 Å². The van der Waals surface area contributed by atoms with E-state index < -0.39 is 0 Å². The number of benzene rings is 1. The summed E-state index contributed by atoms with van der Waals surface area (Å²) in [7, 11) is 1.77. The molecule has 154 valence electrons. The number of hydrogen-bond donors (Lipinski definition) is 0. The van der Waals surface area contributed by atoms with Crippen LogP contribution in [0, 0.1) is 6.92 Å². The molecule has 1 atom stereocenters. The molecule has 2 aliphatic heterocycles. The van der Waals surface area contributed by atoms with Crippen LogP contribution in [0.5, 0.6) is 0 Å². The van der Waals surface area contributed by atoms with Gasteiger partial charge in [0.2, 0.25) is 0 Å². The van der Waals surface area contributed by atoms with E-state index in [0.717, 1.165) is 43.1 Å². The van der Waals surface area contributed by atoms with Crippen LogP contribution in [0.15, 0.2) is 47.5 Å². The van der Waals surface area contributed by atoms with Gasteiger partial charge in [-0.2, -0.15) is 0 Å². The van der Waals surface area contributed by atoms with Gasteiger partial charge in [-0.05, 0) is 55.0 Å². The molecule has 0 amide bonds. The van der Waals surface area contributed by atoms with Crippen molar-refractivity contribution in [2.75, 3.05) is 31.6 Å². The van der Waals surface area contributed by atoms with E-state index in [4.69, 9.17) is 9.72 Å². The summed E-state index contributed by atoms with van der Waals surface area (Å²) in [5.74, 6) is 1.20. The molecule has 2 aromatic rings. The summed E-state index contributed by atoms with van der Waals surface area (Å²) >= 11 is 0. The van der Waals surface area contributed by atoms with Crippen LogP contribution in [-0.4, -0.2) is 37.9 Å². The van der Waals surface area contributed by atoms with Crippen LogP contribution in [-0.2, 0) is 11.2 Å². The average molecular weight is 400 g/mol. The van der Waals surface area contributed by atoms with Gasteiger partial charge in [0.05, 0.1) is 19.3 Å². The summed E-state index contributed by atoms with van der Waals surface area (Å²) in [5.41, 5.74) is 8.64. The van der Waals surface area contributed by atoms with Crippen molar-refractivity contribution in [3.8, 4) is 0 Å². The van der Waals surface area contributed by atoms with E-state index >= 15 is 0 Å². The van der Waals surface area contributed by atoms with Crippen molar-refractivity contribution in [1.29, 1.82) is 0 Å². The highest BCUT2D eigenvalue weighted by molar-refractivity contribution is 5.79. The van der Waals surface area contributed by atoms with Gasteiger partial charge in [0.15, 0.2) is 0 Å². The molecule has 0 N–H and O–H groups in total. The predicted molar refractivity (Wildman–Crippen MR) is 124 cm³/mol. The molecule has 1 aliphatic carbocycles. The third-order valence-electron chi connectivity index (χ3n) is 6.55. The van der Waals surface area contributed by atoms with Gasteiger partial charge in [0.25, 0.3) is 0 Å². The van der Waals surface area contributed by atoms with Crippen molar-refractivity contribution in [1.82, 2.24) is 4.98 Å². The third kappa shape index (κ3) is 3.45. The normalized spacial score (nSPS) is 20.6. The largest absolute Gasteiger partial charge is 0.495 e. The van der Waals surface area contributed by atoms with Gasteiger partial charge in [-0.15, -0.1) is 0 Å².